The van der Waals surface area contributed by atoms with Gasteiger partial charge in [-0.05, 0) is 85.7 Å². The third-order valence-corrected chi connectivity index (χ3v) is 8.14. The fourth-order valence-electron chi connectivity index (χ4n) is 5.91. The second-order valence-corrected chi connectivity index (χ2v) is 12.1. The maximum absolute atomic E-state index is 14.0. The number of carbonyl (C=O) groups is 1. The Hall–Kier alpha value is -4.01. The minimum atomic E-state index is -0.542. The first-order valence-corrected chi connectivity index (χ1v) is 13.9. The number of nitriles is 1. The van der Waals surface area contributed by atoms with E-state index in [2.05, 4.69) is 32.0 Å². The van der Waals surface area contributed by atoms with Gasteiger partial charge in [-0.15, -0.1) is 0 Å². The molecule has 1 aliphatic carbocycles. The predicted molar refractivity (Wildman–Crippen MR) is 160 cm³/mol. The van der Waals surface area contributed by atoms with Crippen LogP contribution in [0.1, 0.15) is 60.4 Å². The molecule has 1 atom stereocenters. The molecule has 3 aromatic carbocycles. The Morgan fingerprint density at radius 2 is 1.70 bits per heavy atom. The monoisotopic (exact) mass is 551 g/mol. The van der Waals surface area contributed by atoms with Crippen molar-refractivity contribution in [2.24, 2.45) is 11.1 Å². The van der Waals surface area contributed by atoms with E-state index in [4.69, 9.17) is 22.1 Å². The van der Waals surface area contributed by atoms with Crippen molar-refractivity contribution in [3.05, 3.63) is 116 Å². The lowest BCUT2D eigenvalue weighted by Crippen LogP contribution is -2.42. The fraction of sp³-hybridized carbons (Fsp3) is 0.294. The van der Waals surface area contributed by atoms with Gasteiger partial charge in [0, 0.05) is 28.4 Å². The van der Waals surface area contributed by atoms with Gasteiger partial charge in [-0.2, -0.15) is 5.26 Å². The molecule has 0 bridgehead atoms. The molecule has 204 valence electrons. The van der Waals surface area contributed by atoms with E-state index in [1.54, 1.807) is 12.1 Å². The molecule has 2 N–H and O–H groups in total. The first-order valence-electron chi connectivity index (χ1n) is 13.5. The molecule has 6 heteroatoms. The van der Waals surface area contributed by atoms with Crippen LogP contribution in [0.25, 0.3) is 0 Å². The van der Waals surface area contributed by atoms with Gasteiger partial charge in [-0.25, -0.2) is 0 Å². The van der Waals surface area contributed by atoms with Crippen LogP contribution < -0.4 is 15.4 Å². The van der Waals surface area contributed by atoms with Gasteiger partial charge in [0.1, 0.15) is 18.2 Å². The summed E-state index contributed by atoms with van der Waals surface area (Å²) in [6.07, 6.45) is 1.09. The van der Waals surface area contributed by atoms with Crippen LogP contribution in [0.4, 0.5) is 5.69 Å². The number of nitrogens with two attached hydrogens (primary N) is 1. The van der Waals surface area contributed by atoms with Crippen molar-refractivity contribution in [1.82, 2.24) is 0 Å². The normalized spacial score (nSPS) is 18.5. The molecule has 40 heavy (non-hydrogen) atoms. The third-order valence-electron chi connectivity index (χ3n) is 7.89. The zero-order chi connectivity index (χ0) is 28.8. The predicted octanol–water partition coefficient (Wildman–Crippen LogP) is 7.79. The molecule has 0 radical (unpaired) electrons. The van der Waals surface area contributed by atoms with Gasteiger partial charge in [0.25, 0.3) is 0 Å². The summed E-state index contributed by atoms with van der Waals surface area (Å²) in [7, 11) is 0. The maximum atomic E-state index is 14.0. The number of benzene rings is 3. The smallest absolute Gasteiger partial charge is 0.162 e. The van der Waals surface area contributed by atoms with Crippen molar-refractivity contribution in [1.29, 1.82) is 5.26 Å². The van der Waals surface area contributed by atoms with Crippen LogP contribution in [0.2, 0.25) is 5.02 Å². The Labute approximate surface area is 241 Å². The molecule has 0 saturated heterocycles. The van der Waals surface area contributed by atoms with Crippen LogP contribution in [0, 0.1) is 37.5 Å². The number of rotatable bonds is 5. The van der Waals surface area contributed by atoms with Crippen LogP contribution >= 0.6 is 11.6 Å². The van der Waals surface area contributed by atoms with E-state index in [9.17, 15) is 10.1 Å². The number of anilines is 1. The van der Waals surface area contributed by atoms with Gasteiger partial charge < -0.3 is 10.5 Å². The number of hydrogen-bond donors (Lipinski definition) is 1. The molecule has 0 spiro atoms. The Morgan fingerprint density at radius 3 is 2.35 bits per heavy atom. The second kappa shape index (κ2) is 10.5. The van der Waals surface area contributed by atoms with Crippen molar-refractivity contribution >= 4 is 23.1 Å². The van der Waals surface area contributed by atoms with E-state index >= 15 is 0 Å². The maximum Gasteiger partial charge on any atom is 0.162 e. The molecule has 3 aromatic rings. The number of halogens is 1. The van der Waals surface area contributed by atoms with E-state index in [0.717, 1.165) is 45.0 Å². The molecular formula is C34H34ClN3O2. The number of ether oxygens (including phenoxy) is 1. The number of allylic oxidation sites excluding steroid dienone is 3. The molecule has 1 heterocycles. The van der Waals surface area contributed by atoms with E-state index in [1.807, 2.05) is 62.1 Å². The van der Waals surface area contributed by atoms with Gasteiger partial charge in [0.2, 0.25) is 0 Å². The summed E-state index contributed by atoms with van der Waals surface area (Å²) in [5.74, 6) is 0.614. The molecular weight excluding hydrogens is 518 g/mol. The van der Waals surface area contributed by atoms with E-state index in [1.165, 1.54) is 0 Å². The van der Waals surface area contributed by atoms with E-state index in [0.29, 0.717) is 41.4 Å². The van der Waals surface area contributed by atoms with Gasteiger partial charge in [-0.3, -0.25) is 9.69 Å². The first kappa shape index (κ1) is 27.6. The molecule has 1 unspecified atom stereocenters. The topological polar surface area (TPSA) is 79.3 Å². The summed E-state index contributed by atoms with van der Waals surface area (Å²) < 4.78 is 6.09. The van der Waals surface area contributed by atoms with E-state index in [-0.39, 0.29) is 11.2 Å². The molecule has 1 aliphatic heterocycles. The van der Waals surface area contributed by atoms with Crippen LogP contribution in [0.5, 0.6) is 5.75 Å². The summed E-state index contributed by atoms with van der Waals surface area (Å²) in [5, 5.41) is 11.2. The summed E-state index contributed by atoms with van der Waals surface area (Å²) >= 11 is 6.03. The van der Waals surface area contributed by atoms with Gasteiger partial charge in [0.15, 0.2) is 5.78 Å². The number of carbonyl (C=O) groups excluding carboxylic acids is 1. The molecule has 0 aromatic heterocycles. The van der Waals surface area contributed by atoms with Crippen molar-refractivity contribution in [3.63, 3.8) is 0 Å². The molecule has 5 rings (SSSR count). The summed E-state index contributed by atoms with van der Waals surface area (Å²) in [6, 6.07) is 21.9. The van der Waals surface area contributed by atoms with Crippen LogP contribution in [0.15, 0.2) is 83.3 Å². The van der Waals surface area contributed by atoms with E-state index < -0.39 is 5.92 Å². The lowest BCUT2D eigenvalue weighted by Gasteiger charge is -2.44. The standard InChI is InChI=1S/C34H34ClN3O2/c1-20-6-10-25(11-7-20)38-29-16-34(4,5)17-30(39)32(29)31(28(18-36)33(38)37)27-15-21(2)14-23(22(27)3)19-40-26-12-8-24(35)9-13-26/h6-15,31H,16-17,19,37H2,1-5H3. The number of aryl methyl sites for hydroxylation is 2. The Bertz CT molecular complexity index is 1590. The van der Waals surface area contributed by atoms with Crippen LogP contribution in [0.3, 0.4) is 0 Å². The molecule has 0 saturated carbocycles. The Morgan fingerprint density at radius 1 is 1.02 bits per heavy atom. The third kappa shape index (κ3) is 5.12. The molecule has 0 fully saturated rings. The van der Waals surface area contributed by atoms with Crippen LogP contribution in [-0.4, -0.2) is 5.78 Å². The van der Waals surface area contributed by atoms with Gasteiger partial charge >= 0.3 is 0 Å². The minimum absolute atomic E-state index is 0.0634. The Balaban J connectivity index is 1.66. The van der Waals surface area contributed by atoms with Crippen molar-refractivity contribution in [2.45, 2.75) is 60.0 Å². The number of nitrogens with zero attached hydrogens (tertiary/aromatic N) is 2. The average molecular weight is 552 g/mol. The largest absolute Gasteiger partial charge is 0.489 e. The highest BCUT2D eigenvalue weighted by atomic mass is 35.5. The van der Waals surface area contributed by atoms with Crippen molar-refractivity contribution in [2.75, 3.05) is 4.90 Å². The van der Waals surface area contributed by atoms with Crippen molar-refractivity contribution in [3.8, 4) is 11.8 Å². The van der Waals surface area contributed by atoms with Crippen molar-refractivity contribution < 1.29 is 9.53 Å². The number of Topliss-reactive ketones (excluding diaryl/α,β-unsaturated/α-hetero) is 1. The minimum Gasteiger partial charge on any atom is -0.489 e. The Kier molecular flexibility index (Phi) is 7.25. The lowest BCUT2D eigenvalue weighted by molar-refractivity contribution is -0.118. The van der Waals surface area contributed by atoms with Gasteiger partial charge in [0.05, 0.1) is 17.6 Å². The fourth-order valence-corrected chi connectivity index (χ4v) is 6.04. The van der Waals surface area contributed by atoms with Crippen LogP contribution in [-0.2, 0) is 11.4 Å². The zero-order valence-corrected chi connectivity index (χ0v) is 24.4. The zero-order valence-electron chi connectivity index (χ0n) is 23.6. The molecule has 0 amide bonds. The molecule has 5 nitrogen and oxygen atoms in total. The second-order valence-electron chi connectivity index (χ2n) is 11.7. The quantitative estimate of drug-likeness (QED) is 0.350. The highest BCUT2D eigenvalue weighted by Crippen LogP contribution is 2.51. The first-order chi connectivity index (χ1) is 19.0. The highest BCUT2D eigenvalue weighted by Gasteiger charge is 2.45. The van der Waals surface area contributed by atoms with Gasteiger partial charge in [-0.1, -0.05) is 60.8 Å². The summed E-state index contributed by atoms with van der Waals surface area (Å²) in [6.45, 7) is 10.7. The summed E-state index contributed by atoms with van der Waals surface area (Å²) in [5.41, 5.74) is 14.5. The SMILES string of the molecule is Cc1ccc(N2C(N)=C(C#N)C(c3cc(C)cc(COc4ccc(Cl)cc4)c3C)C3=C2CC(C)(C)CC3=O)cc1. The highest BCUT2D eigenvalue weighted by molar-refractivity contribution is 6.30. The summed E-state index contributed by atoms with van der Waals surface area (Å²) in [4.78, 5) is 15.9. The number of hydrogen-bond acceptors (Lipinski definition) is 5. The average Bonchev–Trinajstić information content (AvgIpc) is 2.89. The number of ketones is 1. The molecule has 2 aliphatic rings. The lowest BCUT2D eigenvalue weighted by atomic mass is 9.68.